The van der Waals surface area contributed by atoms with Crippen molar-refractivity contribution in [3.63, 3.8) is 0 Å². The average Bonchev–Trinajstić information content (AvgIpc) is 3.08. The molecule has 1 aromatic rings. The molecule has 0 saturated carbocycles. The van der Waals surface area contributed by atoms with E-state index in [0.717, 1.165) is 6.42 Å². The lowest BCUT2D eigenvalue weighted by Crippen LogP contribution is -2.55. The molecular formula is C17H23N3O4. The van der Waals surface area contributed by atoms with E-state index in [4.69, 9.17) is 15.2 Å². The van der Waals surface area contributed by atoms with Crippen LogP contribution in [0, 0.1) is 0 Å². The van der Waals surface area contributed by atoms with Gasteiger partial charge in [-0.25, -0.2) is 4.79 Å². The van der Waals surface area contributed by atoms with Gasteiger partial charge in [-0.3, -0.25) is 4.79 Å². The first kappa shape index (κ1) is 16.6. The quantitative estimate of drug-likeness (QED) is 0.826. The summed E-state index contributed by atoms with van der Waals surface area (Å²) < 4.78 is 10.7. The van der Waals surface area contributed by atoms with Gasteiger partial charge in [-0.15, -0.1) is 0 Å². The van der Waals surface area contributed by atoms with E-state index in [0.29, 0.717) is 44.1 Å². The summed E-state index contributed by atoms with van der Waals surface area (Å²) in [5.41, 5.74) is 6.89. The summed E-state index contributed by atoms with van der Waals surface area (Å²) in [5, 5.41) is 0. The first-order valence-electron chi connectivity index (χ1n) is 8.24. The molecule has 2 amide bonds. The molecule has 0 radical (unpaired) electrons. The van der Waals surface area contributed by atoms with Crippen molar-refractivity contribution in [1.29, 1.82) is 0 Å². The van der Waals surface area contributed by atoms with E-state index in [2.05, 4.69) is 0 Å². The molecule has 2 fully saturated rings. The predicted octanol–water partition coefficient (Wildman–Crippen LogP) is 1.34. The third-order valence-electron chi connectivity index (χ3n) is 4.46. The minimum absolute atomic E-state index is 0.0419. The Hall–Kier alpha value is -2.28. The summed E-state index contributed by atoms with van der Waals surface area (Å²) >= 11 is 0. The molecule has 2 atom stereocenters. The van der Waals surface area contributed by atoms with Gasteiger partial charge in [0.05, 0.1) is 13.2 Å². The van der Waals surface area contributed by atoms with Gasteiger partial charge in [-0.05, 0) is 31.2 Å². The number of hydrogen-bond acceptors (Lipinski definition) is 5. The van der Waals surface area contributed by atoms with E-state index in [1.165, 1.54) is 0 Å². The first-order valence-corrected chi connectivity index (χ1v) is 8.24. The van der Waals surface area contributed by atoms with E-state index in [1.54, 1.807) is 34.1 Å². The number of carbonyl (C=O) groups excluding carboxylic acids is 2. The van der Waals surface area contributed by atoms with Crippen molar-refractivity contribution in [2.45, 2.75) is 25.5 Å². The molecule has 3 rings (SSSR count). The number of piperazine rings is 1. The fourth-order valence-electron chi connectivity index (χ4n) is 3.04. The summed E-state index contributed by atoms with van der Waals surface area (Å²) in [7, 11) is 0. The first-order chi connectivity index (χ1) is 11.5. The molecule has 0 spiro atoms. The zero-order chi connectivity index (χ0) is 17.1. The van der Waals surface area contributed by atoms with Gasteiger partial charge in [0.15, 0.2) is 0 Å². The Bertz CT molecular complexity index is 598. The zero-order valence-electron chi connectivity index (χ0n) is 13.8. The van der Waals surface area contributed by atoms with Crippen LogP contribution in [0.15, 0.2) is 24.3 Å². The minimum Gasteiger partial charge on any atom is -0.444 e. The number of anilines is 1. The average molecular weight is 333 g/mol. The molecule has 0 unspecified atom stereocenters. The van der Waals surface area contributed by atoms with Crippen LogP contribution in [-0.2, 0) is 9.47 Å². The Morgan fingerprint density at radius 3 is 2.62 bits per heavy atom. The molecule has 130 valence electrons. The second kappa shape index (κ2) is 7.09. The van der Waals surface area contributed by atoms with Crippen LogP contribution in [0.4, 0.5) is 10.5 Å². The number of nitrogens with two attached hydrogens (primary N) is 1. The number of nitrogen functional groups attached to an aromatic ring is 1. The number of amides is 2. The van der Waals surface area contributed by atoms with Gasteiger partial charge < -0.3 is 25.0 Å². The largest absolute Gasteiger partial charge is 0.444 e. The smallest absolute Gasteiger partial charge is 0.410 e. The zero-order valence-corrected chi connectivity index (χ0v) is 13.8. The lowest BCUT2D eigenvalue weighted by Gasteiger charge is -2.39. The second-order valence-electron chi connectivity index (χ2n) is 6.28. The number of rotatable bonds is 2. The van der Waals surface area contributed by atoms with Gasteiger partial charge in [-0.2, -0.15) is 0 Å². The van der Waals surface area contributed by atoms with Gasteiger partial charge in [0.25, 0.3) is 5.91 Å². The summed E-state index contributed by atoms with van der Waals surface area (Å²) in [6, 6.07) is 6.82. The fourth-order valence-corrected chi connectivity index (χ4v) is 3.04. The van der Waals surface area contributed by atoms with Crippen LogP contribution in [0.1, 0.15) is 23.7 Å². The van der Waals surface area contributed by atoms with Crippen molar-refractivity contribution in [2.24, 2.45) is 0 Å². The summed E-state index contributed by atoms with van der Waals surface area (Å²) in [6.07, 6.45) is 0.274. The molecule has 2 heterocycles. The summed E-state index contributed by atoms with van der Waals surface area (Å²) in [5.74, 6) is -0.0419. The third kappa shape index (κ3) is 3.62. The predicted molar refractivity (Wildman–Crippen MR) is 88.6 cm³/mol. The Balaban J connectivity index is 1.57. The Labute approximate surface area is 141 Å². The normalized spacial score (nSPS) is 24.0. The molecule has 0 aromatic heterocycles. The van der Waals surface area contributed by atoms with Crippen LogP contribution >= 0.6 is 0 Å². The highest BCUT2D eigenvalue weighted by Gasteiger charge is 2.32. The minimum atomic E-state index is -0.322. The molecule has 2 saturated heterocycles. The fraction of sp³-hybridized carbons (Fsp3) is 0.529. The maximum absolute atomic E-state index is 12.6. The lowest BCUT2D eigenvalue weighted by atomic mass is 10.1. The van der Waals surface area contributed by atoms with Gasteiger partial charge in [0.1, 0.15) is 6.10 Å². The lowest BCUT2D eigenvalue weighted by molar-refractivity contribution is 0.0258. The monoisotopic (exact) mass is 333 g/mol. The van der Waals surface area contributed by atoms with Gasteiger partial charge in [0, 0.05) is 43.3 Å². The highest BCUT2D eigenvalue weighted by Crippen LogP contribution is 2.17. The van der Waals surface area contributed by atoms with E-state index < -0.39 is 0 Å². The molecule has 1 aromatic carbocycles. The van der Waals surface area contributed by atoms with Gasteiger partial charge in [0.2, 0.25) is 0 Å². The third-order valence-corrected chi connectivity index (χ3v) is 4.46. The number of benzene rings is 1. The Morgan fingerprint density at radius 2 is 2.00 bits per heavy atom. The molecule has 24 heavy (non-hydrogen) atoms. The second-order valence-corrected chi connectivity index (χ2v) is 6.28. The highest BCUT2D eigenvalue weighted by atomic mass is 16.6. The molecule has 2 aliphatic heterocycles. The van der Waals surface area contributed by atoms with E-state index in [1.807, 2.05) is 6.92 Å². The van der Waals surface area contributed by atoms with Gasteiger partial charge >= 0.3 is 6.09 Å². The Kier molecular flexibility index (Phi) is 4.89. The molecule has 2 N–H and O–H groups in total. The van der Waals surface area contributed by atoms with Crippen LogP contribution in [0.2, 0.25) is 0 Å². The van der Waals surface area contributed by atoms with Crippen molar-refractivity contribution < 1.29 is 19.1 Å². The number of carbonyl (C=O) groups is 2. The topological polar surface area (TPSA) is 85.1 Å². The molecule has 2 aliphatic rings. The van der Waals surface area contributed by atoms with Crippen molar-refractivity contribution in [1.82, 2.24) is 9.80 Å². The SMILES string of the molecule is C[C@H]1CN(C(=O)O[C@@H]2CCOC2)CCN1C(=O)c1ccc(N)cc1. The van der Waals surface area contributed by atoms with Crippen molar-refractivity contribution in [3.05, 3.63) is 29.8 Å². The van der Waals surface area contributed by atoms with Crippen molar-refractivity contribution in [2.75, 3.05) is 38.6 Å². The summed E-state index contributed by atoms with van der Waals surface area (Å²) in [6.45, 7) is 4.47. The van der Waals surface area contributed by atoms with Crippen LogP contribution in [-0.4, -0.2) is 66.8 Å². The molecule has 7 heteroatoms. The van der Waals surface area contributed by atoms with E-state index in [-0.39, 0.29) is 24.1 Å². The van der Waals surface area contributed by atoms with Crippen LogP contribution < -0.4 is 5.73 Å². The standard InChI is InChI=1S/C17H23N3O4/c1-12-10-19(17(22)24-15-6-9-23-11-15)7-8-20(12)16(21)13-2-4-14(18)5-3-13/h2-5,12,15H,6-11,18H2,1H3/t12-,15+/m0/s1. The molecule has 0 bridgehead atoms. The maximum atomic E-state index is 12.6. The van der Waals surface area contributed by atoms with Crippen molar-refractivity contribution >= 4 is 17.7 Å². The van der Waals surface area contributed by atoms with E-state index >= 15 is 0 Å². The van der Waals surface area contributed by atoms with Crippen molar-refractivity contribution in [3.8, 4) is 0 Å². The van der Waals surface area contributed by atoms with Crippen LogP contribution in [0.25, 0.3) is 0 Å². The highest BCUT2D eigenvalue weighted by molar-refractivity contribution is 5.94. The number of hydrogen-bond donors (Lipinski definition) is 1. The molecule has 7 nitrogen and oxygen atoms in total. The van der Waals surface area contributed by atoms with E-state index in [9.17, 15) is 9.59 Å². The number of nitrogens with zero attached hydrogens (tertiary/aromatic N) is 2. The molecule has 0 aliphatic carbocycles. The van der Waals surface area contributed by atoms with Crippen LogP contribution in [0.3, 0.4) is 0 Å². The molecular weight excluding hydrogens is 310 g/mol. The van der Waals surface area contributed by atoms with Crippen LogP contribution in [0.5, 0.6) is 0 Å². The van der Waals surface area contributed by atoms with Gasteiger partial charge in [-0.1, -0.05) is 0 Å². The maximum Gasteiger partial charge on any atom is 0.410 e. The number of ether oxygens (including phenoxy) is 2. The Morgan fingerprint density at radius 1 is 1.25 bits per heavy atom. The summed E-state index contributed by atoms with van der Waals surface area (Å²) in [4.78, 5) is 28.3.